The molecule has 0 spiro atoms. The van der Waals surface area contributed by atoms with Crippen molar-refractivity contribution < 1.29 is 17.5 Å². The molecule has 6 nitrogen and oxygen atoms in total. The van der Waals surface area contributed by atoms with Gasteiger partial charge in [-0.15, -0.1) is 0 Å². The molecule has 1 aromatic heterocycles. The number of anilines is 1. The van der Waals surface area contributed by atoms with Gasteiger partial charge in [-0.05, 0) is 35.9 Å². The molecule has 9 heteroatoms. The number of morpholine rings is 1. The minimum Gasteiger partial charge on any atom is -0.378 e. The Morgan fingerprint density at radius 2 is 2.00 bits per heavy atom. The summed E-state index contributed by atoms with van der Waals surface area (Å²) in [5.41, 5.74) is 0.731. The van der Waals surface area contributed by atoms with Crippen LogP contribution in [0.2, 0.25) is 5.02 Å². The fraction of sp³-hybridized carbons (Fsp3) is 0.312. The minimum absolute atomic E-state index is 0.0320. The van der Waals surface area contributed by atoms with Crippen LogP contribution in [0.4, 0.5) is 10.2 Å². The molecule has 0 unspecified atom stereocenters. The van der Waals surface area contributed by atoms with Crippen molar-refractivity contribution in [2.75, 3.05) is 31.2 Å². The number of benzene rings is 1. The van der Waals surface area contributed by atoms with Gasteiger partial charge in [0.1, 0.15) is 16.5 Å². The predicted octanol–water partition coefficient (Wildman–Crippen LogP) is 2.19. The van der Waals surface area contributed by atoms with E-state index in [0.717, 1.165) is 36.6 Å². The smallest absolute Gasteiger partial charge is 0.243 e. The molecular formula is C16H17ClFN3O3S. The van der Waals surface area contributed by atoms with E-state index in [1.54, 1.807) is 12.3 Å². The van der Waals surface area contributed by atoms with Crippen LogP contribution in [-0.2, 0) is 21.3 Å². The Kier molecular flexibility index (Phi) is 5.53. The van der Waals surface area contributed by atoms with Crippen molar-refractivity contribution in [3.8, 4) is 0 Å². The molecule has 1 fully saturated rings. The first-order chi connectivity index (χ1) is 12.0. The Labute approximate surface area is 150 Å². The van der Waals surface area contributed by atoms with E-state index in [9.17, 15) is 12.8 Å². The quantitative estimate of drug-likeness (QED) is 0.854. The van der Waals surface area contributed by atoms with Crippen molar-refractivity contribution in [1.82, 2.24) is 9.71 Å². The fourth-order valence-corrected chi connectivity index (χ4v) is 3.72. The van der Waals surface area contributed by atoms with Crippen molar-refractivity contribution in [1.29, 1.82) is 0 Å². The number of nitrogens with one attached hydrogen (secondary N) is 1. The predicted molar refractivity (Wildman–Crippen MR) is 92.7 cm³/mol. The zero-order chi connectivity index (χ0) is 17.9. The molecule has 2 heterocycles. The van der Waals surface area contributed by atoms with Crippen molar-refractivity contribution in [3.63, 3.8) is 0 Å². The van der Waals surface area contributed by atoms with Crippen LogP contribution in [0.3, 0.4) is 0 Å². The van der Waals surface area contributed by atoms with Gasteiger partial charge in [0.15, 0.2) is 0 Å². The van der Waals surface area contributed by atoms with Gasteiger partial charge in [-0.2, -0.15) is 0 Å². The maximum atomic E-state index is 13.8. The molecule has 0 atom stereocenters. The van der Waals surface area contributed by atoms with Gasteiger partial charge < -0.3 is 9.64 Å². The summed E-state index contributed by atoms with van der Waals surface area (Å²) in [4.78, 5) is 5.95. The van der Waals surface area contributed by atoms with Crippen LogP contribution in [-0.4, -0.2) is 39.7 Å². The molecule has 0 amide bonds. The highest BCUT2D eigenvalue weighted by molar-refractivity contribution is 7.89. The van der Waals surface area contributed by atoms with E-state index in [4.69, 9.17) is 16.3 Å². The number of hydrogen-bond donors (Lipinski definition) is 1. The average molecular weight is 386 g/mol. The normalized spacial score (nSPS) is 15.4. The molecule has 1 N–H and O–H groups in total. The fourth-order valence-electron chi connectivity index (χ4n) is 2.49. The third-order valence-electron chi connectivity index (χ3n) is 3.79. The van der Waals surface area contributed by atoms with Crippen LogP contribution in [0.5, 0.6) is 0 Å². The van der Waals surface area contributed by atoms with Gasteiger partial charge in [-0.1, -0.05) is 11.6 Å². The summed E-state index contributed by atoms with van der Waals surface area (Å²) in [5, 5.41) is 0.140. The van der Waals surface area contributed by atoms with Crippen LogP contribution in [0.15, 0.2) is 41.4 Å². The molecule has 0 saturated carbocycles. The van der Waals surface area contributed by atoms with E-state index in [0.29, 0.717) is 13.2 Å². The second-order valence-electron chi connectivity index (χ2n) is 5.52. The van der Waals surface area contributed by atoms with E-state index in [-0.39, 0.29) is 11.6 Å². The molecule has 0 aliphatic carbocycles. The Morgan fingerprint density at radius 1 is 1.24 bits per heavy atom. The molecule has 1 aliphatic heterocycles. The van der Waals surface area contributed by atoms with Crippen LogP contribution in [0, 0.1) is 5.82 Å². The summed E-state index contributed by atoms with van der Waals surface area (Å²) < 4.78 is 46.1. The van der Waals surface area contributed by atoms with Crippen molar-refractivity contribution in [3.05, 3.63) is 52.9 Å². The third-order valence-corrected chi connectivity index (χ3v) is 5.46. The zero-order valence-corrected chi connectivity index (χ0v) is 14.9. The SMILES string of the molecule is O=S(=O)(NCc1ccnc(N2CCOCC2)c1)c1ccc(Cl)cc1F. The highest BCUT2D eigenvalue weighted by Crippen LogP contribution is 2.20. The highest BCUT2D eigenvalue weighted by atomic mass is 35.5. The molecule has 1 saturated heterocycles. The topological polar surface area (TPSA) is 71.5 Å². The first-order valence-electron chi connectivity index (χ1n) is 7.68. The summed E-state index contributed by atoms with van der Waals surface area (Å²) in [6.45, 7) is 2.77. The molecule has 3 rings (SSSR count). The van der Waals surface area contributed by atoms with Gasteiger partial charge in [-0.25, -0.2) is 22.5 Å². The van der Waals surface area contributed by atoms with E-state index >= 15 is 0 Å². The number of aromatic nitrogens is 1. The summed E-state index contributed by atoms with van der Waals surface area (Å²) in [6, 6.07) is 6.98. The Hall–Kier alpha value is -1.74. The standard InChI is InChI=1S/C16H17ClFN3O3S/c17-13-1-2-15(14(18)10-13)25(22,23)20-11-12-3-4-19-16(9-12)21-5-7-24-8-6-21/h1-4,9-10,20H,5-8,11H2. The van der Waals surface area contributed by atoms with Crippen LogP contribution < -0.4 is 9.62 Å². The van der Waals surface area contributed by atoms with Gasteiger partial charge in [0.2, 0.25) is 10.0 Å². The molecule has 1 aliphatic rings. The lowest BCUT2D eigenvalue weighted by Crippen LogP contribution is -2.36. The summed E-state index contributed by atoms with van der Waals surface area (Å²) >= 11 is 5.66. The maximum Gasteiger partial charge on any atom is 0.243 e. The largest absolute Gasteiger partial charge is 0.378 e. The monoisotopic (exact) mass is 385 g/mol. The van der Waals surface area contributed by atoms with Gasteiger partial charge in [-0.3, -0.25) is 0 Å². The first-order valence-corrected chi connectivity index (χ1v) is 9.54. The van der Waals surface area contributed by atoms with Gasteiger partial charge >= 0.3 is 0 Å². The highest BCUT2D eigenvalue weighted by Gasteiger charge is 2.19. The third kappa shape index (κ3) is 4.46. The van der Waals surface area contributed by atoms with E-state index in [2.05, 4.69) is 14.6 Å². The first kappa shape index (κ1) is 18.1. The Morgan fingerprint density at radius 3 is 2.72 bits per heavy atom. The number of halogens is 2. The lowest BCUT2D eigenvalue weighted by molar-refractivity contribution is 0.122. The van der Waals surface area contributed by atoms with Gasteiger partial charge in [0, 0.05) is 30.9 Å². The number of hydrogen-bond acceptors (Lipinski definition) is 5. The molecule has 134 valence electrons. The number of sulfonamides is 1. The summed E-state index contributed by atoms with van der Waals surface area (Å²) in [7, 11) is -3.98. The zero-order valence-electron chi connectivity index (χ0n) is 13.3. The van der Waals surface area contributed by atoms with E-state index in [1.165, 1.54) is 6.07 Å². The number of ether oxygens (including phenoxy) is 1. The molecular weight excluding hydrogens is 369 g/mol. The van der Waals surface area contributed by atoms with Gasteiger partial charge in [0.25, 0.3) is 0 Å². The van der Waals surface area contributed by atoms with Crippen LogP contribution in [0.1, 0.15) is 5.56 Å². The molecule has 25 heavy (non-hydrogen) atoms. The van der Waals surface area contributed by atoms with Crippen molar-refractivity contribution in [2.45, 2.75) is 11.4 Å². The van der Waals surface area contributed by atoms with Crippen molar-refractivity contribution >= 4 is 27.4 Å². The maximum absolute atomic E-state index is 13.8. The molecule has 1 aromatic carbocycles. The van der Waals surface area contributed by atoms with Crippen LogP contribution >= 0.6 is 11.6 Å². The second kappa shape index (κ2) is 7.65. The minimum atomic E-state index is -3.98. The average Bonchev–Trinajstić information content (AvgIpc) is 2.61. The van der Waals surface area contributed by atoms with Crippen molar-refractivity contribution in [2.24, 2.45) is 0 Å². The van der Waals surface area contributed by atoms with Crippen LogP contribution in [0.25, 0.3) is 0 Å². The number of nitrogens with zero attached hydrogens (tertiary/aromatic N) is 2. The van der Waals surface area contributed by atoms with Gasteiger partial charge in [0.05, 0.1) is 13.2 Å². The summed E-state index contributed by atoms with van der Waals surface area (Å²) in [5.74, 6) is -0.124. The van der Waals surface area contributed by atoms with E-state index in [1.807, 2.05) is 6.07 Å². The number of pyridine rings is 1. The lowest BCUT2D eigenvalue weighted by atomic mass is 10.2. The Bertz CT molecular complexity index is 857. The summed E-state index contributed by atoms with van der Waals surface area (Å²) in [6.07, 6.45) is 1.62. The molecule has 2 aromatic rings. The molecule has 0 radical (unpaired) electrons. The molecule has 0 bridgehead atoms. The Balaban J connectivity index is 1.72. The second-order valence-corrected chi connectivity index (χ2v) is 7.69. The van der Waals surface area contributed by atoms with E-state index < -0.39 is 20.7 Å². The number of rotatable bonds is 5. The lowest BCUT2D eigenvalue weighted by Gasteiger charge is -2.28.